The molecule has 1 atom stereocenters. The molecule has 1 amide bonds. The van der Waals surface area contributed by atoms with E-state index in [1.807, 2.05) is 0 Å². The van der Waals surface area contributed by atoms with Crippen molar-refractivity contribution in [3.8, 4) is 0 Å². The second kappa shape index (κ2) is 5.85. The van der Waals surface area contributed by atoms with Crippen molar-refractivity contribution in [3.05, 3.63) is 46.4 Å². The number of likely N-dealkylation sites (tertiary alicyclic amines) is 1. The molecule has 8 heteroatoms. The van der Waals surface area contributed by atoms with Gasteiger partial charge in [0.1, 0.15) is 11.6 Å². The normalized spacial score (nSPS) is 17.8. The zero-order valence-electron chi connectivity index (χ0n) is 13.3. The zero-order valence-corrected chi connectivity index (χ0v) is 13.3. The van der Waals surface area contributed by atoms with Crippen molar-refractivity contribution in [1.82, 2.24) is 14.7 Å². The number of carbonyl (C=O) groups excluding carboxylic acids is 1. The van der Waals surface area contributed by atoms with Crippen LogP contribution in [0.25, 0.3) is 0 Å². The third-order valence-electron chi connectivity index (χ3n) is 4.42. The summed E-state index contributed by atoms with van der Waals surface area (Å²) in [5, 5.41) is 4.19. The standard InChI is InChI=1S/C16H17F3N4O/c1-8-12(16(20)22(2)21-8)7-23-6-9(3-14(23)24)11-4-10(17)5-13(18)15(11)19/h4-5,9H,3,6-7,20H2,1-2H3. The minimum Gasteiger partial charge on any atom is -0.384 e. The lowest BCUT2D eigenvalue weighted by atomic mass is 9.97. The lowest BCUT2D eigenvalue weighted by Gasteiger charge is -2.17. The Bertz CT molecular complexity index is 818. The van der Waals surface area contributed by atoms with Gasteiger partial charge in [0.15, 0.2) is 11.6 Å². The highest BCUT2D eigenvalue weighted by molar-refractivity contribution is 5.80. The molecule has 2 N–H and O–H groups in total. The van der Waals surface area contributed by atoms with E-state index in [1.54, 1.807) is 14.0 Å². The van der Waals surface area contributed by atoms with E-state index in [0.717, 1.165) is 11.6 Å². The average Bonchev–Trinajstić information content (AvgIpc) is 2.98. The van der Waals surface area contributed by atoms with Crippen molar-refractivity contribution in [3.63, 3.8) is 0 Å². The minimum atomic E-state index is -1.25. The number of nitrogens with zero attached hydrogens (tertiary/aromatic N) is 3. The van der Waals surface area contributed by atoms with Gasteiger partial charge in [0.05, 0.1) is 12.2 Å². The number of benzene rings is 1. The number of hydrogen-bond acceptors (Lipinski definition) is 3. The summed E-state index contributed by atoms with van der Waals surface area (Å²) in [4.78, 5) is 13.7. The van der Waals surface area contributed by atoms with Crippen molar-refractivity contribution < 1.29 is 18.0 Å². The van der Waals surface area contributed by atoms with Gasteiger partial charge < -0.3 is 10.6 Å². The number of carbonyl (C=O) groups is 1. The lowest BCUT2D eigenvalue weighted by molar-refractivity contribution is -0.128. The molecule has 24 heavy (non-hydrogen) atoms. The summed E-state index contributed by atoms with van der Waals surface area (Å²) >= 11 is 0. The predicted octanol–water partition coefficient (Wildman–Crippen LogP) is 2.24. The Hall–Kier alpha value is -2.51. The first-order valence-electron chi connectivity index (χ1n) is 7.48. The van der Waals surface area contributed by atoms with Gasteiger partial charge in [0.2, 0.25) is 5.91 Å². The van der Waals surface area contributed by atoms with Gasteiger partial charge >= 0.3 is 0 Å². The van der Waals surface area contributed by atoms with E-state index in [2.05, 4.69) is 5.10 Å². The van der Waals surface area contributed by atoms with Gasteiger partial charge in [-0.1, -0.05) is 0 Å². The minimum absolute atomic E-state index is 0.000964. The van der Waals surface area contributed by atoms with Gasteiger partial charge in [-0.25, -0.2) is 13.2 Å². The molecule has 2 heterocycles. The largest absolute Gasteiger partial charge is 0.384 e. The Labute approximate surface area is 136 Å². The predicted molar refractivity (Wildman–Crippen MR) is 81.4 cm³/mol. The molecule has 0 spiro atoms. The molecule has 1 aromatic heterocycles. The van der Waals surface area contributed by atoms with Gasteiger partial charge in [-0.2, -0.15) is 5.10 Å². The van der Waals surface area contributed by atoms with Crippen LogP contribution in [0.2, 0.25) is 0 Å². The topological polar surface area (TPSA) is 64.2 Å². The van der Waals surface area contributed by atoms with Gasteiger partial charge in [-0.15, -0.1) is 0 Å². The Morgan fingerprint density at radius 1 is 1.33 bits per heavy atom. The number of halogens is 3. The smallest absolute Gasteiger partial charge is 0.223 e. The van der Waals surface area contributed by atoms with Gasteiger partial charge in [0, 0.05) is 37.6 Å². The molecule has 1 unspecified atom stereocenters. The zero-order chi connectivity index (χ0) is 17.6. The molecule has 0 radical (unpaired) electrons. The van der Waals surface area contributed by atoms with Crippen LogP contribution in [0.5, 0.6) is 0 Å². The second-order valence-electron chi connectivity index (χ2n) is 6.04. The molecule has 3 rings (SSSR count). The van der Waals surface area contributed by atoms with Gasteiger partial charge in [-0.05, 0) is 18.6 Å². The molecule has 0 saturated carbocycles. The Balaban J connectivity index is 1.84. The van der Waals surface area contributed by atoms with Gasteiger partial charge in [0.25, 0.3) is 0 Å². The summed E-state index contributed by atoms with van der Waals surface area (Å²) in [6.45, 7) is 2.19. The third kappa shape index (κ3) is 2.72. The molecule has 1 saturated heterocycles. The van der Waals surface area contributed by atoms with Crippen molar-refractivity contribution in [2.45, 2.75) is 25.8 Å². The maximum Gasteiger partial charge on any atom is 0.223 e. The number of nitrogen functional groups attached to an aromatic ring is 1. The summed E-state index contributed by atoms with van der Waals surface area (Å²) in [6.07, 6.45) is -0.000964. The van der Waals surface area contributed by atoms with Crippen molar-refractivity contribution in [2.24, 2.45) is 7.05 Å². The molecule has 1 aliphatic heterocycles. The van der Waals surface area contributed by atoms with Crippen LogP contribution in [0.15, 0.2) is 12.1 Å². The fourth-order valence-corrected chi connectivity index (χ4v) is 3.11. The molecule has 128 valence electrons. The first-order valence-corrected chi connectivity index (χ1v) is 7.48. The maximum absolute atomic E-state index is 13.9. The Morgan fingerprint density at radius 3 is 2.67 bits per heavy atom. The molecule has 1 aromatic carbocycles. The lowest BCUT2D eigenvalue weighted by Crippen LogP contribution is -2.25. The van der Waals surface area contributed by atoms with Crippen molar-refractivity contribution in [2.75, 3.05) is 12.3 Å². The van der Waals surface area contributed by atoms with E-state index in [4.69, 9.17) is 5.73 Å². The van der Waals surface area contributed by atoms with E-state index >= 15 is 0 Å². The molecule has 1 fully saturated rings. The van der Waals surface area contributed by atoms with Gasteiger partial charge in [-0.3, -0.25) is 9.48 Å². The number of amides is 1. The molecular weight excluding hydrogens is 321 g/mol. The first-order chi connectivity index (χ1) is 11.3. The van der Waals surface area contributed by atoms with E-state index in [9.17, 15) is 18.0 Å². The van der Waals surface area contributed by atoms with Crippen LogP contribution in [0, 0.1) is 24.4 Å². The summed E-state index contributed by atoms with van der Waals surface area (Å²) in [5.74, 6) is -3.57. The fourth-order valence-electron chi connectivity index (χ4n) is 3.11. The monoisotopic (exact) mass is 338 g/mol. The van der Waals surface area contributed by atoms with Crippen LogP contribution < -0.4 is 5.73 Å². The van der Waals surface area contributed by atoms with E-state index in [-0.39, 0.29) is 31.0 Å². The van der Waals surface area contributed by atoms with Crippen molar-refractivity contribution >= 4 is 11.7 Å². The number of hydrogen-bond donors (Lipinski definition) is 1. The molecule has 1 aliphatic rings. The van der Waals surface area contributed by atoms with Crippen LogP contribution >= 0.6 is 0 Å². The van der Waals surface area contributed by atoms with Crippen LogP contribution in [-0.2, 0) is 18.4 Å². The molecule has 0 aliphatic carbocycles. The highest BCUT2D eigenvalue weighted by Gasteiger charge is 2.34. The van der Waals surface area contributed by atoms with Crippen LogP contribution in [0.1, 0.15) is 29.2 Å². The highest BCUT2D eigenvalue weighted by atomic mass is 19.2. The van der Waals surface area contributed by atoms with Crippen LogP contribution in [-0.4, -0.2) is 27.1 Å². The Kier molecular flexibility index (Phi) is 3.98. The fraction of sp³-hybridized carbons (Fsp3) is 0.375. The number of aryl methyl sites for hydroxylation is 2. The molecular formula is C16H17F3N4O. The average molecular weight is 338 g/mol. The molecule has 0 bridgehead atoms. The number of anilines is 1. The number of aromatic nitrogens is 2. The molecule has 2 aromatic rings. The van der Waals surface area contributed by atoms with E-state index in [0.29, 0.717) is 17.6 Å². The SMILES string of the molecule is Cc1nn(C)c(N)c1CN1CC(c2cc(F)cc(F)c2F)CC1=O. The number of rotatable bonds is 3. The maximum atomic E-state index is 13.9. The molecule has 5 nitrogen and oxygen atoms in total. The Morgan fingerprint density at radius 2 is 2.04 bits per heavy atom. The second-order valence-corrected chi connectivity index (χ2v) is 6.04. The van der Waals surface area contributed by atoms with Crippen molar-refractivity contribution in [1.29, 1.82) is 0 Å². The number of nitrogens with two attached hydrogens (primary N) is 1. The van der Waals surface area contributed by atoms with E-state index in [1.165, 1.54) is 9.58 Å². The van der Waals surface area contributed by atoms with Crippen LogP contribution in [0.3, 0.4) is 0 Å². The summed E-state index contributed by atoms with van der Waals surface area (Å²) < 4.78 is 42.2. The third-order valence-corrected chi connectivity index (χ3v) is 4.42. The van der Waals surface area contributed by atoms with E-state index < -0.39 is 23.4 Å². The van der Waals surface area contributed by atoms with Crippen LogP contribution in [0.4, 0.5) is 19.0 Å². The summed E-state index contributed by atoms with van der Waals surface area (Å²) in [7, 11) is 1.70. The summed E-state index contributed by atoms with van der Waals surface area (Å²) in [6, 6.07) is 1.44. The highest BCUT2D eigenvalue weighted by Crippen LogP contribution is 2.33. The quantitative estimate of drug-likeness (QED) is 0.873. The first kappa shape index (κ1) is 16.4. The summed E-state index contributed by atoms with van der Waals surface area (Å²) in [5.41, 5.74) is 7.25.